The van der Waals surface area contributed by atoms with Gasteiger partial charge in [-0.05, 0) is 89.9 Å². The van der Waals surface area contributed by atoms with E-state index in [1.807, 2.05) is 51.2 Å². The van der Waals surface area contributed by atoms with Crippen molar-refractivity contribution in [3.8, 4) is 0 Å². The minimum absolute atomic E-state index is 0.116. The number of aliphatic hydroxyl groups excluding tert-OH is 1. The second-order valence-corrected chi connectivity index (χ2v) is 8.60. The molecule has 0 saturated heterocycles. The van der Waals surface area contributed by atoms with E-state index in [9.17, 15) is 5.11 Å². The minimum Gasteiger partial charge on any atom is -0.389 e. The summed E-state index contributed by atoms with van der Waals surface area (Å²) in [6, 6.07) is 12.0. The van der Waals surface area contributed by atoms with Crippen LogP contribution in [0.1, 0.15) is 62.9 Å². The number of hydrogen-bond donors (Lipinski definition) is 4. The van der Waals surface area contributed by atoms with E-state index in [1.165, 1.54) is 11.4 Å². The van der Waals surface area contributed by atoms with Crippen LogP contribution < -0.4 is 10.6 Å². The molecule has 0 bridgehead atoms. The first-order chi connectivity index (χ1) is 16.7. The number of aromatic nitrogens is 2. The molecule has 0 fully saturated rings. The second-order valence-electron chi connectivity index (χ2n) is 8.60. The van der Waals surface area contributed by atoms with Crippen LogP contribution in [0.15, 0.2) is 66.6 Å². The molecule has 2 aromatic rings. The topological polar surface area (TPSA) is 74.2 Å². The second kappa shape index (κ2) is 16.8. The molecule has 194 valence electrons. The van der Waals surface area contributed by atoms with Crippen molar-refractivity contribution in [2.24, 2.45) is 0 Å². The number of rotatable bonds is 10. The summed E-state index contributed by atoms with van der Waals surface area (Å²) in [5, 5.41) is 16.1. The maximum Gasteiger partial charge on any atom is 0.131 e. The average molecular weight is 483 g/mol. The fourth-order valence-electron chi connectivity index (χ4n) is 3.42. The lowest BCUT2D eigenvalue weighted by atomic mass is 10.2. The highest BCUT2D eigenvalue weighted by Crippen LogP contribution is 2.13. The van der Waals surface area contributed by atoms with Gasteiger partial charge in [-0.1, -0.05) is 31.2 Å². The van der Waals surface area contributed by atoms with Crippen molar-refractivity contribution in [3.63, 3.8) is 0 Å². The Morgan fingerprint density at radius 1 is 1.09 bits per heavy atom. The summed E-state index contributed by atoms with van der Waals surface area (Å²) < 4.78 is 7.68. The largest absolute Gasteiger partial charge is 0.389 e. The molecule has 6 heteroatoms. The summed E-state index contributed by atoms with van der Waals surface area (Å²) in [6.45, 7) is 16.1. The van der Waals surface area contributed by atoms with Gasteiger partial charge in [0.1, 0.15) is 6.23 Å². The highest BCUT2D eigenvalue weighted by atomic mass is 16.5. The molecule has 0 aliphatic carbocycles. The van der Waals surface area contributed by atoms with Crippen molar-refractivity contribution < 1.29 is 9.84 Å². The minimum atomic E-state index is -0.615. The van der Waals surface area contributed by atoms with Crippen LogP contribution >= 0.6 is 0 Å². The third kappa shape index (κ3) is 11.9. The van der Waals surface area contributed by atoms with Crippen LogP contribution in [-0.4, -0.2) is 41.0 Å². The predicted molar refractivity (Wildman–Crippen MR) is 148 cm³/mol. The highest BCUT2D eigenvalue weighted by molar-refractivity contribution is 5.44. The van der Waals surface area contributed by atoms with E-state index < -0.39 is 6.23 Å². The summed E-state index contributed by atoms with van der Waals surface area (Å²) in [4.78, 5) is 3.17. The number of ether oxygens (including phenoxy) is 1. The van der Waals surface area contributed by atoms with Crippen molar-refractivity contribution in [2.45, 2.75) is 67.2 Å². The Bertz CT molecular complexity index is 956. The molecule has 0 saturated carbocycles. The maximum atomic E-state index is 9.86. The monoisotopic (exact) mass is 482 g/mol. The lowest BCUT2D eigenvalue weighted by Crippen LogP contribution is -2.19. The number of aromatic amines is 1. The third-order valence-corrected chi connectivity index (χ3v) is 5.48. The zero-order valence-corrected chi connectivity index (χ0v) is 22.9. The highest BCUT2D eigenvalue weighted by Gasteiger charge is 2.04. The van der Waals surface area contributed by atoms with Crippen LogP contribution in [-0.2, 0) is 4.74 Å². The van der Waals surface area contributed by atoms with Crippen LogP contribution in [0.5, 0.6) is 0 Å². The number of aryl methyl sites for hydroxylation is 3. The predicted octanol–water partition coefficient (Wildman–Crippen LogP) is 5.93. The summed E-state index contributed by atoms with van der Waals surface area (Å²) in [6.07, 6.45) is 8.76. The van der Waals surface area contributed by atoms with E-state index in [4.69, 9.17) is 4.74 Å². The number of methoxy groups -OCH3 is 1. The van der Waals surface area contributed by atoms with Gasteiger partial charge in [-0.3, -0.25) is 5.32 Å². The number of H-pyrrole nitrogens is 1. The summed E-state index contributed by atoms with van der Waals surface area (Å²) in [7, 11) is 1.75. The Labute approximate surface area is 212 Å². The summed E-state index contributed by atoms with van der Waals surface area (Å²) in [5.74, 6) is 0. The van der Waals surface area contributed by atoms with Crippen molar-refractivity contribution in [1.82, 2.24) is 20.2 Å². The van der Waals surface area contributed by atoms with E-state index in [-0.39, 0.29) is 6.10 Å². The van der Waals surface area contributed by atoms with E-state index in [0.717, 1.165) is 42.0 Å². The molecule has 0 aromatic carbocycles. The van der Waals surface area contributed by atoms with E-state index >= 15 is 0 Å². The first-order valence-electron chi connectivity index (χ1n) is 12.4. The molecular weight excluding hydrogens is 436 g/mol. The molecule has 4 N–H and O–H groups in total. The Kier molecular flexibility index (Phi) is 14.5. The van der Waals surface area contributed by atoms with Crippen LogP contribution in [0, 0.1) is 20.8 Å². The molecule has 2 heterocycles. The van der Waals surface area contributed by atoms with Gasteiger partial charge in [0.05, 0.1) is 6.10 Å². The fraction of sp³-hybridized carbons (Fsp3) is 0.448. The molecule has 0 aliphatic rings. The number of nitrogens with zero attached hydrogens (tertiary/aromatic N) is 1. The number of allylic oxidation sites excluding steroid dienone is 2. The Balaban J connectivity index is 0.000000355. The maximum absolute atomic E-state index is 9.86. The third-order valence-electron chi connectivity index (χ3n) is 5.48. The SMILES string of the molecule is CCN/C(C)=C/C(C/C=C(\C)n1cccc1C)OC.CCNC(O)c1ccc(C)c[nH]c(C)cc1. The zero-order chi connectivity index (χ0) is 26.2. The van der Waals surface area contributed by atoms with Gasteiger partial charge < -0.3 is 24.7 Å². The molecule has 2 aromatic heterocycles. The lowest BCUT2D eigenvalue weighted by Gasteiger charge is -2.13. The van der Waals surface area contributed by atoms with Gasteiger partial charge in [0.2, 0.25) is 0 Å². The van der Waals surface area contributed by atoms with Crippen molar-refractivity contribution in [1.29, 1.82) is 0 Å². The first kappa shape index (κ1) is 30.2. The van der Waals surface area contributed by atoms with E-state index in [1.54, 1.807) is 7.11 Å². The van der Waals surface area contributed by atoms with Gasteiger partial charge in [0, 0.05) is 48.8 Å². The van der Waals surface area contributed by atoms with Gasteiger partial charge in [-0.15, -0.1) is 0 Å². The molecule has 2 rings (SSSR count). The van der Waals surface area contributed by atoms with Gasteiger partial charge in [0.25, 0.3) is 0 Å². The lowest BCUT2D eigenvalue weighted by molar-refractivity contribution is 0.142. The first-order valence-corrected chi connectivity index (χ1v) is 12.4. The Morgan fingerprint density at radius 3 is 2.40 bits per heavy atom. The number of aliphatic hydroxyl groups is 1. The zero-order valence-electron chi connectivity index (χ0n) is 22.9. The van der Waals surface area contributed by atoms with E-state index in [2.05, 4.69) is 78.4 Å². The van der Waals surface area contributed by atoms with Crippen LogP contribution in [0.3, 0.4) is 0 Å². The Morgan fingerprint density at radius 2 is 1.80 bits per heavy atom. The van der Waals surface area contributed by atoms with Gasteiger partial charge in [-0.2, -0.15) is 0 Å². The molecule has 2 unspecified atom stereocenters. The molecule has 0 radical (unpaired) electrons. The molecule has 0 amide bonds. The summed E-state index contributed by atoms with van der Waals surface area (Å²) >= 11 is 0. The van der Waals surface area contributed by atoms with Crippen LogP contribution in [0.2, 0.25) is 0 Å². The molecule has 6 nitrogen and oxygen atoms in total. The van der Waals surface area contributed by atoms with Gasteiger partial charge in [0.15, 0.2) is 0 Å². The van der Waals surface area contributed by atoms with Crippen LogP contribution in [0.25, 0.3) is 5.70 Å². The summed E-state index contributed by atoms with van der Waals surface area (Å²) in [5.41, 5.74) is 6.67. The van der Waals surface area contributed by atoms with Gasteiger partial charge >= 0.3 is 0 Å². The normalized spacial score (nSPS) is 13.4. The quantitative estimate of drug-likeness (QED) is 0.317. The smallest absolute Gasteiger partial charge is 0.131 e. The fourth-order valence-corrected chi connectivity index (χ4v) is 3.42. The molecule has 2 atom stereocenters. The molecule has 35 heavy (non-hydrogen) atoms. The molecule has 0 aliphatic heterocycles. The van der Waals surface area contributed by atoms with Gasteiger partial charge in [-0.25, -0.2) is 0 Å². The molecular formula is C29H46N4O2. The van der Waals surface area contributed by atoms with Crippen LogP contribution in [0.4, 0.5) is 0 Å². The standard InChI is InChI=1S/C16H26N2O.C13H20N2O/c1-6-17-13(2)12-16(19-5)10-9-15(4)18-11-7-8-14(18)3;1-4-14-13(16)12-7-5-10(2)9-15-11(3)6-8-12/h7-9,11-12,16-17H,6,10H2,1-5H3;5-9,13-16H,4H2,1-3H3/b13-12+,15-9+;. The average Bonchev–Trinajstić information content (AvgIpc) is 3.28. The molecule has 0 spiro atoms. The van der Waals surface area contributed by atoms with Crippen molar-refractivity contribution >= 4 is 5.70 Å². The van der Waals surface area contributed by atoms with E-state index in [0.29, 0.717) is 0 Å². The number of hydrogen-bond acceptors (Lipinski definition) is 4. The number of nitrogens with one attached hydrogen (secondary N) is 3. The van der Waals surface area contributed by atoms with Crippen molar-refractivity contribution in [2.75, 3.05) is 20.2 Å². The Hall–Kier alpha value is -2.80. The van der Waals surface area contributed by atoms with Crippen molar-refractivity contribution in [3.05, 3.63) is 89.2 Å².